The van der Waals surface area contributed by atoms with Crippen molar-refractivity contribution in [3.05, 3.63) is 17.7 Å². The van der Waals surface area contributed by atoms with E-state index in [-0.39, 0.29) is 41.0 Å². The number of carbonyl (C=O) groups is 1. The summed E-state index contributed by atoms with van der Waals surface area (Å²) in [5, 5.41) is 3.19. The molecule has 1 amide bonds. The lowest BCUT2D eigenvalue weighted by atomic mass is 10.1. The molecule has 2 aliphatic rings. The van der Waals surface area contributed by atoms with Gasteiger partial charge in [0.25, 0.3) is 5.91 Å². The Hall–Kier alpha value is -1.88. The first kappa shape index (κ1) is 19.9. The third kappa shape index (κ3) is 4.03. The topological polar surface area (TPSA) is 97.4 Å². The van der Waals surface area contributed by atoms with Gasteiger partial charge in [-0.2, -0.15) is 4.31 Å². The van der Waals surface area contributed by atoms with Crippen molar-refractivity contribution in [3.63, 3.8) is 0 Å². The van der Waals surface area contributed by atoms with Crippen LogP contribution in [0.3, 0.4) is 0 Å². The Balaban J connectivity index is 2.04. The quantitative estimate of drug-likeness (QED) is 0.730. The van der Waals surface area contributed by atoms with Gasteiger partial charge in [-0.3, -0.25) is 4.79 Å². The lowest BCUT2D eigenvalue weighted by Crippen LogP contribution is -2.46. The molecule has 3 rings (SSSR count). The van der Waals surface area contributed by atoms with E-state index in [4.69, 9.17) is 14.2 Å². The molecule has 0 radical (unpaired) electrons. The van der Waals surface area contributed by atoms with Gasteiger partial charge in [0.15, 0.2) is 11.5 Å². The first-order valence-electron chi connectivity index (χ1n) is 8.83. The van der Waals surface area contributed by atoms with Gasteiger partial charge in [0.2, 0.25) is 10.0 Å². The van der Waals surface area contributed by atoms with E-state index in [0.29, 0.717) is 39.4 Å². The van der Waals surface area contributed by atoms with Crippen LogP contribution in [0, 0.1) is 0 Å². The van der Waals surface area contributed by atoms with E-state index < -0.39 is 10.0 Å². The minimum atomic E-state index is -3.77. The Morgan fingerprint density at radius 3 is 2.33 bits per heavy atom. The molecule has 0 atom stereocenters. The van der Waals surface area contributed by atoms with Crippen molar-refractivity contribution in [3.8, 4) is 11.5 Å². The summed E-state index contributed by atoms with van der Waals surface area (Å²) >= 11 is 0. The summed E-state index contributed by atoms with van der Waals surface area (Å²) in [6.45, 7) is 3.72. The van der Waals surface area contributed by atoms with Crippen LogP contribution in [0.4, 0.5) is 0 Å². The predicted octanol–water partition coefficient (Wildman–Crippen LogP) is -0.230. The van der Waals surface area contributed by atoms with E-state index in [1.165, 1.54) is 30.7 Å². The SMILES string of the molecule is COc1cc(S(=O)(=O)N2CCOCC2)cc(C(=O)N2CCNCC2)c1OC. The van der Waals surface area contributed by atoms with Crippen LogP contribution in [0.15, 0.2) is 17.0 Å². The van der Waals surface area contributed by atoms with Crippen molar-refractivity contribution in [1.82, 2.24) is 14.5 Å². The van der Waals surface area contributed by atoms with Gasteiger partial charge >= 0.3 is 0 Å². The zero-order chi connectivity index (χ0) is 19.4. The van der Waals surface area contributed by atoms with Gasteiger partial charge in [-0.15, -0.1) is 0 Å². The van der Waals surface area contributed by atoms with Crippen LogP contribution in [0.25, 0.3) is 0 Å². The number of hydrogen-bond acceptors (Lipinski definition) is 7. The Kier molecular flexibility index (Phi) is 6.20. The second kappa shape index (κ2) is 8.42. The molecule has 150 valence electrons. The van der Waals surface area contributed by atoms with Gasteiger partial charge in [0, 0.05) is 45.3 Å². The molecule has 2 saturated heterocycles. The number of nitrogens with zero attached hydrogens (tertiary/aromatic N) is 2. The first-order chi connectivity index (χ1) is 13.0. The largest absolute Gasteiger partial charge is 0.493 e. The van der Waals surface area contributed by atoms with Gasteiger partial charge in [-0.25, -0.2) is 8.42 Å². The third-order valence-corrected chi connectivity index (χ3v) is 6.57. The fourth-order valence-corrected chi connectivity index (χ4v) is 4.67. The summed E-state index contributed by atoms with van der Waals surface area (Å²) in [5.74, 6) is 0.179. The summed E-state index contributed by atoms with van der Waals surface area (Å²) in [5.41, 5.74) is 0.186. The van der Waals surface area contributed by atoms with Gasteiger partial charge in [-0.1, -0.05) is 0 Å². The number of nitrogens with one attached hydrogen (secondary N) is 1. The Morgan fingerprint density at radius 1 is 1.07 bits per heavy atom. The van der Waals surface area contributed by atoms with E-state index in [1.54, 1.807) is 4.90 Å². The fourth-order valence-electron chi connectivity index (χ4n) is 3.22. The van der Waals surface area contributed by atoms with Crippen molar-refractivity contribution >= 4 is 15.9 Å². The lowest BCUT2D eigenvalue weighted by molar-refractivity contribution is 0.0725. The van der Waals surface area contributed by atoms with E-state index >= 15 is 0 Å². The highest BCUT2D eigenvalue weighted by Crippen LogP contribution is 2.36. The zero-order valence-corrected chi connectivity index (χ0v) is 16.4. The normalized spacial score (nSPS) is 19.0. The number of methoxy groups -OCH3 is 2. The molecule has 0 saturated carbocycles. The lowest BCUT2D eigenvalue weighted by Gasteiger charge is -2.29. The molecule has 9 nitrogen and oxygen atoms in total. The van der Waals surface area contributed by atoms with Gasteiger partial charge in [0.1, 0.15) is 0 Å². The van der Waals surface area contributed by atoms with Crippen LogP contribution in [0.2, 0.25) is 0 Å². The number of carbonyl (C=O) groups excluding carboxylic acids is 1. The number of morpholine rings is 1. The molecule has 0 unspecified atom stereocenters. The Bertz CT molecular complexity index is 786. The van der Waals surface area contributed by atoms with E-state index in [2.05, 4.69) is 5.32 Å². The van der Waals surface area contributed by atoms with Crippen LogP contribution in [0.1, 0.15) is 10.4 Å². The summed E-state index contributed by atoms with van der Waals surface area (Å²) < 4.78 is 43.4. The number of benzene rings is 1. The molecule has 2 aliphatic heterocycles. The molecule has 0 aromatic heterocycles. The average Bonchev–Trinajstić information content (AvgIpc) is 2.73. The average molecular weight is 399 g/mol. The first-order valence-corrected chi connectivity index (χ1v) is 10.3. The molecule has 27 heavy (non-hydrogen) atoms. The molecular formula is C17H25N3O6S. The highest BCUT2D eigenvalue weighted by atomic mass is 32.2. The summed E-state index contributed by atoms with van der Waals surface area (Å²) in [6.07, 6.45) is 0. The van der Waals surface area contributed by atoms with Gasteiger partial charge in [0.05, 0.1) is 37.9 Å². The van der Waals surface area contributed by atoms with Crippen molar-refractivity contribution < 1.29 is 27.4 Å². The minimum absolute atomic E-state index is 0.0144. The van der Waals surface area contributed by atoms with Crippen LogP contribution in [0.5, 0.6) is 11.5 Å². The minimum Gasteiger partial charge on any atom is -0.493 e. The molecule has 0 bridgehead atoms. The molecule has 0 aliphatic carbocycles. The maximum atomic E-state index is 13.0. The van der Waals surface area contributed by atoms with Crippen LogP contribution in [-0.2, 0) is 14.8 Å². The summed E-state index contributed by atoms with van der Waals surface area (Å²) in [7, 11) is -0.920. The maximum absolute atomic E-state index is 13.0. The van der Waals surface area contributed by atoms with Crippen LogP contribution < -0.4 is 14.8 Å². The smallest absolute Gasteiger partial charge is 0.257 e. The van der Waals surface area contributed by atoms with E-state index in [0.717, 1.165) is 0 Å². The molecule has 2 fully saturated rings. The third-order valence-electron chi connectivity index (χ3n) is 4.69. The fraction of sp³-hybridized carbons (Fsp3) is 0.588. The Labute approximate surface area is 159 Å². The number of piperazine rings is 1. The highest BCUT2D eigenvalue weighted by molar-refractivity contribution is 7.89. The van der Waals surface area contributed by atoms with Crippen molar-refractivity contribution in [2.45, 2.75) is 4.90 Å². The molecular weight excluding hydrogens is 374 g/mol. The van der Waals surface area contributed by atoms with E-state index in [1.807, 2.05) is 0 Å². The molecule has 1 N–H and O–H groups in total. The molecule has 1 aromatic rings. The number of rotatable bonds is 5. The highest BCUT2D eigenvalue weighted by Gasteiger charge is 2.31. The van der Waals surface area contributed by atoms with Crippen molar-refractivity contribution in [2.24, 2.45) is 0 Å². The summed E-state index contributed by atoms with van der Waals surface area (Å²) in [6, 6.07) is 2.79. The van der Waals surface area contributed by atoms with Crippen molar-refractivity contribution in [1.29, 1.82) is 0 Å². The van der Waals surface area contributed by atoms with E-state index in [9.17, 15) is 13.2 Å². The maximum Gasteiger partial charge on any atom is 0.257 e. The monoisotopic (exact) mass is 399 g/mol. The summed E-state index contributed by atoms with van der Waals surface area (Å²) in [4.78, 5) is 14.7. The van der Waals surface area contributed by atoms with Crippen LogP contribution in [-0.4, -0.2) is 90.2 Å². The zero-order valence-electron chi connectivity index (χ0n) is 15.6. The van der Waals surface area contributed by atoms with Gasteiger partial charge < -0.3 is 24.4 Å². The molecule has 1 aromatic carbocycles. The van der Waals surface area contributed by atoms with Gasteiger partial charge in [-0.05, 0) is 6.07 Å². The standard InChI is InChI=1S/C17H25N3O6S/c1-24-15-12-13(27(22,23)20-7-9-26-10-8-20)11-14(16(15)25-2)17(21)19-5-3-18-4-6-19/h11-12,18H,3-10H2,1-2H3. The number of ether oxygens (including phenoxy) is 3. The van der Waals surface area contributed by atoms with Crippen LogP contribution >= 0.6 is 0 Å². The number of hydrogen-bond donors (Lipinski definition) is 1. The predicted molar refractivity (Wildman–Crippen MR) is 97.9 cm³/mol. The molecule has 10 heteroatoms. The Morgan fingerprint density at radius 2 is 1.74 bits per heavy atom. The second-order valence-corrected chi connectivity index (χ2v) is 8.20. The second-order valence-electron chi connectivity index (χ2n) is 6.27. The molecule has 2 heterocycles. The number of amides is 1. The number of sulfonamides is 1. The molecule has 0 spiro atoms. The van der Waals surface area contributed by atoms with Crippen molar-refractivity contribution in [2.75, 3.05) is 66.7 Å².